The molecule has 2 aromatic rings. The largest absolute Gasteiger partial charge is 0.318 e. The summed E-state index contributed by atoms with van der Waals surface area (Å²) in [6.07, 6.45) is 2.53. The molecule has 88 valence electrons. The smallest absolute Gasteiger partial charge is 0.254 e. The quantitative estimate of drug-likeness (QED) is 0.773. The third-order valence-electron chi connectivity index (χ3n) is 3.07. The molecule has 0 saturated carbocycles. The zero-order valence-electron chi connectivity index (χ0n) is 10.5. The van der Waals surface area contributed by atoms with Crippen LogP contribution in [-0.2, 0) is 13.5 Å². The normalized spacial score (nSPS) is 10.5. The summed E-state index contributed by atoms with van der Waals surface area (Å²) < 4.78 is 1.64. The van der Waals surface area contributed by atoms with Gasteiger partial charge >= 0.3 is 0 Å². The second-order valence-corrected chi connectivity index (χ2v) is 4.56. The maximum atomic E-state index is 12.0. The molecule has 1 aromatic heterocycles. The molecular weight excluding hydrogens is 210 g/mol. The summed E-state index contributed by atoms with van der Waals surface area (Å²) in [5, 5.41) is 0. The highest BCUT2D eigenvalue weighted by Crippen LogP contribution is 2.11. The molecule has 0 amide bonds. The molecule has 0 bridgehead atoms. The van der Waals surface area contributed by atoms with E-state index in [9.17, 15) is 4.79 Å². The molecule has 0 saturated heterocycles. The lowest BCUT2D eigenvalue weighted by Gasteiger charge is -2.08. The Balaban J connectivity index is 2.43. The van der Waals surface area contributed by atoms with E-state index in [1.807, 2.05) is 25.3 Å². The van der Waals surface area contributed by atoms with Crippen LogP contribution < -0.4 is 5.56 Å². The van der Waals surface area contributed by atoms with Crippen LogP contribution in [0.15, 0.2) is 41.3 Å². The fourth-order valence-corrected chi connectivity index (χ4v) is 2.01. The fourth-order valence-electron chi connectivity index (χ4n) is 2.01. The van der Waals surface area contributed by atoms with Crippen molar-refractivity contribution in [1.29, 1.82) is 0 Å². The monoisotopic (exact) mass is 227 g/mol. The van der Waals surface area contributed by atoms with Crippen LogP contribution in [0.1, 0.15) is 22.3 Å². The minimum absolute atomic E-state index is 0.103. The number of hydrogen-bond donors (Lipinski definition) is 0. The minimum Gasteiger partial charge on any atom is -0.318 e. The molecule has 2 rings (SSSR count). The minimum atomic E-state index is 0.103. The van der Waals surface area contributed by atoms with Crippen molar-refractivity contribution >= 4 is 0 Å². The highest BCUT2D eigenvalue weighted by atomic mass is 16.1. The molecule has 0 aliphatic heterocycles. The van der Waals surface area contributed by atoms with Gasteiger partial charge in [-0.2, -0.15) is 0 Å². The first-order chi connectivity index (χ1) is 8.08. The summed E-state index contributed by atoms with van der Waals surface area (Å²) in [4.78, 5) is 12.0. The number of pyridine rings is 1. The van der Waals surface area contributed by atoms with Gasteiger partial charge in [0.1, 0.15) is 0 Å². The third-order valence-corrected chi connectivity index (χ3v) is 3.07. The highest BCUT2D eigenvalue weighted by Gasteiger charge is 2.06. The van der Waals surface area contributed by atoms with Crippen molar-refractivity contribution in [3.05, 3.63) is 69.1 Å². The zero-order chi connectivity index (χ0) is 12.4. The Bertz CT molecular complexity index is 596. The molecule has 0 radical (unpaired) electrons. The maximum absolute atomic E-state index is 12.0. The number of hydrogen-bond acceptors (Lipinski definition) is 1. The van der Waals surface area contributed by atoms with Crippen LogP contribution in [0, 0.1) is 13.8 Å². The van der Waals surface area contributed by atoms with Gasteiger partial charge in [-0.05, 0) is 31.0 Å². The number of aryl methyl sites for hydroxylation is 3. The third kappa shape index (κ3) is 2.47. The Morgan fingerprint density at radius 1 is 1.18 bits per heavy atom. The van der Waals surface area contributed by atoms with E-state index in [1.54, 1.807) is 11.6 Å². The lowest BCUT2D eigenvalue weighted by Crippen LogP contribution is -2.21. The van der Waals surface area contributed by atoms with Crippen molar-refractivity contribution in [3.8, 4) is 0 Å². The zero-order valence-corrected chi connectivity index (χ0v) is 10.5. The number of nitrogens with zero attached hydrogens (tertiary/aromatic N) is 1. The van der Waals surface area contributed by atoms with Crippen LogP contribution in [0.25, 0.3) is 0 Å². The van der Waals surface area contributed by atoms with Gasteiger partial charge in [-0.25, -0.2) is 0 Å². The summed E-state index contributed by atoms with van der Waals surface area (Å²) in [6, 6.07) is 10.3. The highest BCUT2D eigenvalue weighted by molar-refractivity contribution is 5.31. The molecule has 2 heteroatoms. The lowest BCUT2D eigenvalue weighted by atomic mass is 10.0. The van der Waals surface area contributed by atoms with E-state index in [0.29, 0.717) is 6.42 Å². The molecule has 0 N–H and O–H groups in total. The standard InChI is InChI=1S/C15H17NO/c1-11-5-4-6-13(9-11)10-14-12(2)7-8-16(3)15(14)17/h4-9H,10H2,1-3H3. The molecule has 1 heterocycles. The molecule has 0 unspecified atom stereocenters. The summed E-state index contributed by atoms with van der Waals surface area (Å²) in [6.45, 7) is 4.06. The van der Waals surface area contributed by atoms with Gasteiger partial charge in [-0.3, -0.25) is 4.79 Å². The molecule has 0 aliphatic carbocycles. The molecule has 0 atom stereocenters. The van der Waals surface area contributed by atoms with Crippen molar-refractivity contribution in [2.24, 2.45) is 7.05 Å². The van der Waals surface area contributed by atoms with E-state index in [-0.39, 0.29) is 5.56 Å². The van der Waals surface area contributed by atoms with E-state index >= 15 is 0 Å². The lowest BCUT2D eigenvalue weighted by molar-refractivity contribution is 0.832. The van der Waals surface area contributed by atoms with Crippen LogP contribution in [0.3, 0.4) is 0 Å². The van der Waals surface area contributed by atoms with E-state index in [0.717, 1.165) is 11.1 Å². The predicted octanol–water partition coefficient (Wildman–Crippen LogP) is 2.59. The van der Waals surface area contributed by atoms with Crippen LogP contribution in [0.2, 0.25) is 0 Å². The van der Waals surface area contributed by atoms with Gasteiger partial charge in [0.25, 0.3) is 5.56 Å². The van der Waals surface area contributed by atoms with E-state index < -0.39 is 0 Å². The van der Waals surface area contributed by atoms with Crippen LogP contribution >= 0.6 is 0 Å². The average molecular weight is 227 g/mol. The van der Waals surface area contributed by atoms with Gasteiger partial charge in [0.2, 0.25) is 0 Å². The molecule has 1 aromatic carbocycles. The second kappa shape index (κ2) is 4.58. The Kier molecular flexibility index (Phi) is 3.14. The predicted molar refractivity (Wildman–Crippen MR) is 70.4 cm³/mol. The summed E-state index contributed by atoms with van der Waals surface area (Å²) in [7, 11) is 1.79. The van der Waals surface area contributed by atoms with Crippen molar-refractivity contribution in [2.45, 2.75) is 20.3 Å². The fraction of sp³-hybridized carbons (Fsp3) is 0.267. The van der Waals surface area contributed by atoms with Gasteiger partial charge in [-0.1, -0.05) is 29.8 Å². The topological polar surface area (TPSA) is 22.0 Å². The SMILES string of the molecule is Cc1cccc(Cc2c(C)ccn(C)c2=O)c1. The van der Waals surface area contributed by atoms with E-state index in [1.165, 1.54) is 11.1 Å². The van der Waals surface area contributed by atoms with Crippen LogP contribution in [0.4, 0.5) is 0 Å². The average Bonchev–Trinajstić information content (AvgIpc) is 2.30. The molecular formula is C15H17NO. The number of aromatic nitrogens is 1. The van der Waals surface area contributed by atoms with Crippen LogP contribution in [0.5, 0.6) is 0 Å². The van der Waals surface area contributed by atoms with Gasteiger partial charge in [0.15, 0.2) is 0 Å². The van der Waals surface area contributed by atoms with Crippen molar-refractivity contribution < 1.29 is 0 Å². The maximum Gasteiger partial charge on any atom is 0.254 e. The first kappa shape index (κ1) is 11.6. The van der Waals surface area contributed by atoms with Gasteiger partial charge in [-0.15, -0.1) is 0 Å². The second-order valence-electron chi connectivity index (χ2n) is 4.56. The Morgan fingerprint density at radius 2 is 1.94 bits per heavy atom. The van der Waals surface area contributed by atoms with Gasteiger partial charge in [0, 0.05) is 25.2 Å². The Hall–Kier alpha value is -1.83. The van der Waals surface area contributed by atoms with Crippen molar-refractivity contribution in [1.82, 2.24) is 4.57 Å². The summed E-state index contributed by atoms with van der Waals surface area (Å²) in [5.74, 6) is 0. The first-order valence-electron chi connectivity index (χ1n) is 5.78. The molecule has 0 spiro atoms. The van der Waals surface area contributed by atoms with Crippen molar-refractivity contribution in [2.75, 3.05) is 0 Å². The molecule has 2 nitrogen and oxygen atoms in total. The Labute approximate surface area is 102 Å². The van der Waals surface area contributed by atoms with E-state index in [2.05, 4.69) is 25.1 Å². The van der Waals surface area contributed by atoms with Crippen LogP contribution in [-0.4, -0.2) is 4.57 Å². The van der Waals surface area contributed by atoms with Gasteiger partial charge < -0.3 is 4.57 Å². The number of rotatable bonds is 2. The molecule has 17 heavy (non-hydrogen) atoms. The first-order valence-corrected chi connectivity index (χ1v) is 5.78. The summed E-state index contributed by atoms with van der Waals surface area (Å²) >= 11 is 0. The molecule has 0 aliphatic rings. The summed E-state index contributed by atoms with van der Waals surface area (Å²) in [5.41, 5.74) is 4.48. The van der Waals surface area contributed by atoms with Crippen molar-refractivity contribution in [3.63, 3.8) is 0 Å². The van der Waals surface area contributed by atoms with E-state index in [4.69, 9.17) is 0 Å². The van der Waals surface area contributed by atoms with Gasteiger partial charge in [0.05, 0.1) is 0 Å². The molecule has 0 fully saturated rings. The Morgan fingerprint density at radius 3 is 2.65 bits per heavy atom. The number of benzene rings is 1.